The Labute approximate surface area is 296 Å². The van der Waals surface area contributed by atoms with E-state index in [1.54, 1.807) is 12.1 Å². The summed E-state index contributed by atoms with van der Waals surface area (Å²) in [5, 5.41) is 1.73. The van der Waals surface area contributed by atoms with Crippen LogP contribution >= 0.6 is 0 Å². The third-order valence-electron chi connectivity index (χ3n) is 10.8. The molecule has 1 aromatic heterocycles. The van der Waals surface area contributed by atoms with E-state index in [1.807, 2.05) is 6.07 Å². The van der Waals surface area contributed by atoms with E-state index in [2.05, 4.69) is 157 Å². The third kappa shape index (κ3) is 5.08. The zero-order valence-corrected chi connectivity index (χ0v) is 27.9. The maximum atomic E-state index is 14.2. The van der Waals surface area contributed by atoms with Crippen LogP contribution in [0.3, 0.4) is 0 Å². The maximum absolute atomic E-state index is 14.2. The Hall–Kier alpha value is -6.19. The standard InChI is InChI=1S/C48H34FNO/c49-35-19-27-48-46(29-35)45-28-34(18-26-47(45)51-48)33-16-22-37(23-17-33)50(36-20-14-32(15-21-36)31-8-2-1-3-9-31)38-24-25-43-41-12-5-4-10-39(41)40-11-6-7-13-42(40)44(43)30-38/h1-22,24-30,37,40,42H,23H2. The van der Waals surface area contributed by atoms with Crippen LogP contribution in [0.25, 0.3) is 49.8 Å². The second-order valence-corrected chi connectivity index (χ2v) is 13.7. The summed E-state index contributed by atoms with van der Waals surface area (Å²) in [7, 11) is 0. The summed E-state index contributed by atoms with van der Waals surface area (Å²) in [5.41, 5.74) is 13.9. The zero-order chi connectivity index (χ0) is 33.9. The van der Waals surface area contributed by atoms with Crippen LogP contribution in [0.15, 0.2) is 180 Å². The molecule has 7 aromatic rings. The first-order valence-electron chi connectivity index (χ1n) is 17.7. The highest BCUT2D eigenvalue weighted by atomic mass is 19.1. The fraction of sp³-hybridized carbons (Fsp3) is 0.0833. The Morgan fingerprint density at radius 2 is 1.22 bits per heavy atom. The van der Waals surface area contributed by atoms with Crippen molar-refractivity contribution in [3.63, 3.8) is 0 Å². The summed E-state index contributed by atoms with van der Waals surface area (Å²) >= 11 is 0. The van der Waals surface area contributed by atoms with Gasteiger partial charge in [0.15, 0.2) is 0 Å². The lowest BCUT2D eigenvalue weighted by Crippen LogP contribution is -2.30. The first kappa shape index (κ1) is 29.7. The van der Waals surface area contributed by atoms with Gasteiger partial charge in [0.05, 0.1) is 6.04 Å². The van der Waals surface area contributed by atoms with Crippen LogP contribution in [0.4, 0.5) is 15.8 Å². The Bertz CT molecular complexity index is 2590. The highest BCUT2D eigenvalue weighted by molar-refractivity contribution is 6.06. The Morgan fingerprint density at radius 1 is 0.549 bits per heavy atom. The number of rotatable bonds is 5. The largest absolute Gasteiger partial charge is 0.456 e. The molecule has 0 spiro atoms. The van der Waals surface area contributed by atoms with Crippen LogP contribution in [0, 0.1) is 5.82 Å². The molecule has 0 bridgehead atoms. The summed E-state index contributed by atoms with van der Waals surface area (Å²) in [4.78, 5) is 2.49. The predicted octanol–water partition coefficient (Wildman–Crippen LogP) is 12.9. The molecule has 10 rings (SSSR count). The van der Waals surface area contributed by atoms with E-state index in [-0.39, 0.29) is 17.8 Å². The van der Waals surface area contributed by atoms with Crippen LogP contribution in [-0.2, 0) is 0 Å². The van der Waals surface area contributed by atoms with Gasteiger partial charge in [0, 0.05) is 34.0 Å². The molecule has 3 aliphatic rings. The van der Waals surface area contributed by atoms with Crippen LogP contribution in [0.2, 0.25) is 0 Å². The number of benzene rings is 6. The number of fused-ring (bicyclic) bond motifs is 9. The highest BCUT2D eigenvalue weighted by Gasteiger charge is 2.32. The minimum absolute atomic E-state index is 0.107. The van der Waals surface area contributed by atoms with Gasteiger partial charge in [-0.3, -0.25) is 0 Å². The van der Waals surface area contributed by atoms with Gasteiger partial charge in [0.1, 0.15) is 17.0 Å². The monoisotopic (exact) mass is 659 g/mol. The van der Waals surface area contributed by atoms with Crippen molar-refractivity contribution in [1.82, 2.24) is 0 Å². The first-order chi connectivity index (χ1) is 25.2. The average molecular weight is 660 g/mol. The molecule has 0 saturated heterocycles. The number of hydrogen-bond acceptors (Lipinski definition) is 2. The SMILES string of the molecule is Fc1ccc2oc3ccc(C4=CCC(N(c5ccc(-c6ccccc6)cc5)c5ccc6c(c5)C5C=CC=CC5c5ccccc5-6)C=C4)cc3c2c1. The van der Waals surface area contributed by atoms with Crippen molar-refractivity contribution >= 4 is 38.9 Å². The third-order valence-corrected chi connectivity index (χ3v) is 10.8. The molecule has 0 saturated carbocycles. The van der Waals surface area contributed by atoms with Gasteiger partial charge in [-0.2, -0.15) is 0 Å². The van der Waals surface area contributed by atoms with Crippen molar-refractivity contribution in [3.8, 4) is 22.3 Å². The molecule has 51 heavy (non-hydrogen) atoms. The lowest BCUT2D eigenvalue weighted by Gasteiger charge is -2.37. The van der Waals surface area contributed by atoms with E-state index < -0.39 is 0 Å². The molecule has 2 nitrogen and oxygen atoms in total. The quantitative estimate of drug-likeness (QED) is 0.183. The Balaban J connectivity index is 1.04. The van der Waals surface area contributed by atoms with Gasteiger partial charge >= 0.3 is 0 Å². The number of halogens is 1. The zero-order valence-electron chi connectivity index (χ0n) is 27.9. The van der Waals surface area contributed by atoms with Crippen LogP contribution < -0.4 is 4.90 Å². The molecule has 0 radical (unpaired) electrons. The van der Waals surface area contributed by atoms with Gasteiger partial charge < -0.3 is 9.32 Å². The molecule has 3 unspecified atom stereocenters. The van der Waals surface area contributed by atoms with Gasteiger partial charge in [0.25, 0.3) is 0 Å². The molecule has 244 valence electrons. The van der Waals surface area contributed by atoms with Gasteiger partial charge in [0.2, 0.25) is 0 Å². The van der Waals surface area contributed by atoms with Crippen molar-refractivity contribution in [3.05, 3.63) is 198 Å². The summed E-state index contributed by atoms with van der Waals surface area (Å²) in [5.74, 6) is 0.358. The molecule has 0 fully saturated rings. The lowest BCUT2D eigenvalue weighted by molar-refractivity contribution is 0.626. The van der Waals surface area contributed by atoms with Gasteiger partial charge in [-0.25, -0.2) is 4.39 Å². The Kier molecular flexibility index (Phi) is 6.99. The van der Waals surface area contributed by atoms with Crippen molar-refractivity contribution in [2.24, 2.45) is 0 Å². The smallest absolute Gasteiger partial charge is 0.135 e. The topological polar surface area (TPSA) is 16.4 Å². The second kappa shape index (κ2) is 12.0. The molecule has 0 aliphatic heterocycles. The highest BCUT2D eigenvalue weighted by Crippen LogP contribution is 2.51. The normalized spacial score (nSPS) is 18.7. The van der Waals surface area contributed by atoms with E-state index in [0.717, 1.165) is 39.6 Å². The van der Waals surface area contributed by atoms with E-state index in [1.165, 1.54) is 45.1 Å². The van der Waals surface area contributed by atoms with Crippen molar-refractivity contribution < 1.29 is 8.81 Å². The fourth-order valence-electron chi connectivity index (χ4n) is 8.38. The van der Waals surface area contributed by atoms with Crippen LogP contribution in [0.5, 0.6) is 0 Å². The average Bonchev–Trinajstić information content (AvgIpc) is 3.56. The minimum Gasteiger partial charge on any atom is -0.456 e. The van der Waals surface area contributed by atoms with E-state index in [9.17, 15) is 4.39 Å². The van der Waals surface area contributed by atoms with Crippen molar-refractivity contribution in [2.75, 3.05) is 4.90 Å². The summed E-state index contributed by atoms with van der Waals surface area (Å²) in [6, 6.07) is 46.5. The van der Waals surface area contributed by atoms with Crippen molar-refractivity contribution in [2.45, 2.75) is 24.3 Å². The fourth-order valence-corrected chi connectivity index (χ4v) is 8.38. The van der Waals surface area contributed by atoms with Gasteiger partial charge in [-0.05, 0) is 106 Å². The number of nitrogens with zero attached hydrogens (tertiary/aromatic N) is 1. The van der Waals surface area contributed by atoms with Crippen molar-refractivity contribution in [1.29, 1.82) is 0 Å². The van der Waals surface area contributed by atoms with E-state index >= 15 is 0 Å². The number of allylic oxidation sites excluding steroid dienone is 6. The van der Waals surface area contributed by atoms with Crippen LogP contribution in [-0.4, -0.2) is 6.04 Å². The molecule has 1 heterocycles. The molecule has 3 aliphatic carbocycles. The number of furan rings is 1. The molecule has 0 amide bonds. The predicted molar refractivity (Wildman–Crippen MR) is 209 cm³/mol. The van der Waals surface area contributed by atoms with E-state index in [4.69, 9.17) is 4.42 Å². The molecule has 3 heteroatoms. The summed E-state index contributed by atoms with van der Waals surface area (Å²) < 4.78 is 20.2. The number of anilines is 2. The first-order valence-corrected chi connectivity index (χ1v) is 17.7. The van der Waals surface area contributed by atoms with E-state index in [0.29, 0.717) is 11.5 Å². The second-order valence-electron chi connectivity index (χ2n) is 13.7. The summed E-state index contributed by atoms with van der Waals surface area (Å²) in [6.07, 6.45) is 16.8. The minimum atomic E-state index is -0.259. The molecular formula is C48H34FNO. The molecule has 0 N–H and O–H groups in total. The van der Waals surface area contributed by atoms with Gasteiger partial charge in [-0.15, -0.1) is 0 Å². The molecule has 6 aromatic carbocycles. The number of hydrogen-bond donors (Lipinski definition) is 0. The Morgan fingerprint density at radius 3 is 2.02 bits per heavy atom. The maximum Gasteiger partial charge on any atom is 0.135 e. The summed E-state index contributed by atoms with van der Waals surface area (Å²) in [6.45, 7) is 0. The molecular weight excluding hydrogens is 626 g/mol. The lowest BCUT2D eigenvalue weighted by atomic mass is 9.70. The van der Waals surface area contributed by atoms with Crippen LogP contribution in [0.1, 0.15) is 34.9 Å². The molecule has 3 atom stereocenters. The van der Waals surface area contributed by atoms with Gasteiger partial charge in [-0.1, -0.05) is 121 Å².